The van der Waals surface area contributed by atoms with Crippen molar-refractivity contribution in [2.45, 2.75) is 51.9 Å². The third-order valence-electron chi connectivity index (χ3n) is 5.68. The number of amides is 1. The number of hydrogen-bond donors (Lipinski definition) is 2. The molecule has 0 spiro atoms. The van der Waals surface area contributed by atoms with Gasteiger partial charge in [0.25, 0.3) is 5.91 Å². The van der Waals surface area contributed by atoms with Gasteiger partial charge in [0.2, 0.25) is 0 Å². The largest absolute Gasteiger partial charge is 0.485 e. The van der Waals surface area contributed by atoms with Gasteiger partial charge in [-0.25, -0.2) is 14.2 Å². The predicted molar refractivity (Wildman–Crippen MR) is 115 cm³/mol. The highest BCUT2D eigenvalue weighted by molar-refractivity contribution is 7.09. The summed E-state index contributed by atoms with van der Waals surface area (Å²) >= 11 is 1.41. The summed E-state index contributed by atoms with van der Waals surface area (Å²) in [5.74, 6) is -2.13. The number of carbonyl (C=O) groups is 2. The van der Waals surface area contributed by atoms with Gasteiger partial charge >= 0.3 is 5.97 Å². The molecule has 2 atom stereocenters. The van der Waals surface area contributed by atoms with Crippen LogP contribution in [0.1, 0.15) is 46.5 Å². The second-order valence-corrected chi connectivity index (χ2v) is 8.88. The highest BCUT2D eigenvalue weighted by Crippen LogP contribution is 2.33. The van der Waals surface area contributed by atoms with E-state index in [1.165, 1.54) is 17.4 Å². The first-order valence-electron chi connectivity index (χ1n) is 10.1. The molecule has 0 aliphatic carbocycles. The highest BCUT2D eigenvalue weighted by atomic mass is 32.1. The maximum absolute atomic E-state index is 14.6. The number of aromatic nitrogens is 1. The normalized spacial score (nSPS) is 20.9. The van der Waals surface area contributed by atoms with Gasteiger partial charge in [0.1, 0.15) is 23.5 Å². The van der Waals surface area contributed by atoms with Gasteiger partial charge in [-0.3, -0.25) is 4.79 Å². The molecule has 0 bridgehead atoms. The van der Waals surface area contributed by atoms with Crippen molar-refractivity contribution in [1.82, 2.24) is 10.3 Å². The maximum atomic E-state index is 14.6. The summed E-state index contributed by atoms with van der Waals surface area (Å²) in [6.45, 7) is 5.54. The van der Waals surface area contributed by atoms with Crippen molar-refractivity contribution in [2.24, 2.45) is 0 Å². The Bertz CT molecular complexity index is 1190. The summed E-state index contributed by atoms with van der Waals surface area (Å²) in [7, 11) is 0. The van der Waals surface area contributed by atoms with Crippen molar-refractivity contribution >= 4 is 34.2 Å². The second-order valence-electron chi connectivity index (χ2n) is 7.94. The van der Waals surface area contributed by atoms with Crippen LogP contribution in [0.3, 0.4) is 0 Å². The average molecular weight is 462 g/mol. The number of fused-ring (bicyclic) bond motifs is 1. The smallest absolute Gasteiger partial charge is 0.329 e. The Kier molecular flexibility index (Phi) is 5.91. The number of carboxylic acid groups (broad SMARTS) is 1. The lowest BCUT2D eigenvalue weighted by Crippen LogP contribution is -2.58. The summed E-state index contributed by atoms with van der Waals surface area (Å²) in [5, 5.41) is 12.9. The van der Waals surface area contributed by atoms with Gasteiger partial charge in [-0.05, 0) is 26.8 Å². The molecule has 170 valence electrons. The molecule has 10 heteroatoms. The molecular formula is C22H23FN2O6S. The van der Waals surface area contributed by atoms with Crippen LogP contribution in [0.5, 0.6) is 5.75 Å². The van der Waals surface area contributed by atoms with Gasteiger partial charge in [-0.1, -0.05) is 0 Å². The number of furan rings is 1. The maximum Gasteiger partial charge on any atom is 0.329 e. The predicted octanol–water partition coefficient (Wildman–Crippen LogP) is 3.98. The molecule has 2 unspecified atom stereocenters. The number of nitrogens with one attached hydrogen (secondary N) is 1. The molecule has 2 N–H and O–H groups in total. The standard InChI is InChI=1S/C22H23FN2O6S/c1-11-8-22(21(27)28,4-5-29-11)25-20(26)19-13(3)31-16-7-15(23)17(6-14(16)19)30-9-18-12(2)24-10-32-18/h6-7,10-11H,4-5,8-9H2,1-3H3,(H,25,26)(H,27,28). The third-order valence-corrected chi connectivity index (χ3v) is 6.59. The molecule has 1 amide bonds. The minimum atomic E-state index is -1.45. The number of halogens is 1. The number of benzene rings is 1. The van der Waals surface area contributed by atoms with Crippen molar-refractivity contribution in [3.05, 3.63) is 45.4 Å². The number of carbonyl (C=O) groups excluding carboxylic acids is 1. The summed E-state index contributed by atoms with van der Waals surface area (Å²) in [4.78, 5) is 30.2. The van der Waals surface area contributed by atoms with E-state index in [1.54, 1.807) is 19.4 Å². The van der Waals surface area contributed by atoms with Crippen LogP contribution in [-0.4, -0.2) is 40.2 Å². The Balaban J connectivity index is 1.65. The number of carboxylic acids is 1. The van der Waals surface area contributed by atoms with Gasteiger partial charge in [0.15, 0.2) is 11.6 Å². The van der Waals surface area contributed by atoms with Crippen LogP contribution < -0.4 is 10.1 Å². The first-order valence-corrected chi connectivity index (χ1v) is 11.0. The monoisotopic (exact) mass is 462 g/mol. The molecule has 1 aromatic carbocycles. The number of aliphatic carboxylic acids is 1. The average Bonchev–Trinajstić information content (AvgIpc) is 3.27. The van der Waals surface area contributed by atoms with Gasteiger partial charge in [-0.2, -0.15) is 0 Å². The Labute approximate surface area is 187 Å². The van der Waals surface area contributed by atoms with E-state index in [0.29, 0.717) is 5.39 Å². The van der Waals surface area contributed by atoms with Crippen LogP contribution in [0, 0.1) is 19.7 Å². The van der Waals surface area contributed by atoms with E-state index in [1.807, 2.05) is 6.92 Å². The Morgan fingerprint density at radius 3 is 2.84 bits per heavy atom. The lowest BCUT2D eigenvalue weighted by atomic mass is 9.86. The van der Waals surface area contributed by atoms with E-state index >= 15 is 0 Å². The minimum Gasteiger partial charge on any atom is -0.485 e. The number of hydrogen-bond acceptors (Lipinski definition) is 7. The number of thiazole rings is 1. The van der Waals surface area contributed by atoms with E-state index in [2.05, 4.69) is 10.3 Å². The molecule has 32 heavy (non-hydrogen) atoms. The van der Waals surface area contributed by atoms with Gasteiger partial charge < -0.3 is 24.3 Å². The zero-order valence-corrected chi connectivity index (χ0v) is 18.7. The minimum absolute atomic E-state index is 0.0345. The SMILES string of the molecule is Cc1ncsc1COc1cc2c(C(=O)NC3(C(=O)O)CCOC(C)C3)c(C)oc2cc1F. The summed E-state index contributed by atoms with van der Waals surface area (Å²) < 4.78 is 31.3. The Morgan fingerprint density at radius 1 is 1.41 bits per heavy atom. The molecular weight excluding hydrogens is 439 g/mol. The van der Waals surface area contributed by atoms with Crippen molar-refractivity contribution in [3.8, 4) is 5.75 Å². The van der Waals surface area contributed by atoms with Crippen molar-refractivity contribution in [3.63, 3.8) is 0 Å². The topological polar surface area (TPSA) is 111 Å². The molecule has 8 nitrogen and oxygen atoms in total. The lowest BCUT2D eigenvalue weighted by Gasteiger charge is -2.37. The van der Waals surface area contributed by atoms with Gasteiger partial charge in [-0.15, -0.1) is 11.3 Å². The summed E-state index contributed by atoms with van der Waals surface area (Å²) in [5.41, 5.74) is 1.37. The van der Waals surface area contributed by atoms with Crippen LogP contribution in [0.4, 0.5) is 4.39 Å². The lowest BCUT2D eigenvalue weighted by molar-refractivity contribution is -0.150. The molecule has 1 fully saturated rings. The van der Waals surface area contributed by atoms with E-state index < -0.39 is 23.2 Å². The van der Waals surface area contributed by atoms with E-state index in [4.69, 9.17) is 13.9 Å². The molecule has 2 aromatic heterocycles. The fourth-order valence-electron chi connectivity index (χ4n) is 3.95. The molecule has 0 saturated carbocycles. The quantitative estimate of drug-likeness (QED) is 0.570. The van der Waals surface area contributed by atoms with Crippen LogP contribution in [0.15, 0.2) is 22.1 Å². The molecule has 1 aliphatic heterocycles. The van der Waals surface area contributed by atoms with Crippen molar-refractivity contribution in [2.75, 3.05) is 6.61 Å². The number of nitrogens with zero attached hydrogens (tertiary/aromatic N) is 1. The number of rotatable bonds is 6. The summed E-state index contributed by atoms with van der Waals surface area (Å²) in [6.07, 6.45) is -0.0310. The molecule has 3 aromatic rings. The highest BCUT2D eigenvalue weighted by Gasteiger charge is 2.44. The molecule has 4 rings (SSSR count). The van der Waals surface area contributed by atoms with Crippen LogP contribution in [-0.2, 0) is 16.1 Å². The zero-order valence-electron chi connectivity index (χ0n) is 17.9. The molecule has 3 heterocycles. The Morgan fingerprint density at radius 2 is 2.19 bits per heavy atom. The second kappa shape index (κ2) is 8.51. The number of ether oxygens (including phenoxy) is 2. The first kappa shape index (κ1) is 22.2. The molecule has 1 saturated heterocycles. The van der Waals surface area contributed by atoms with E-state index in [-0.39, 0.29) is 54.8 Å². The first-order chi connectivity index (χ1) is 15.2. The summed E-state index contributed by atoms with van der Waals surface area (Å²) in [6, 6.07) is 2.57. The third kappa shape index (κ3) is 4.07. The molecule has 1 aliphatic rings. The van der Waals surface area contributed by atoms with Crippen LogP contribution >= 0.6 is 11.3 Å². The van der Waals surface area contributed by atoms with Crippen LogP contribution in [0.25, 0.3) is 11.0 Å². The van der Waals surface area contributed by atoms with Gasteiger partial charge in [0, 0.05) is 30.9 Å². The van der Waals surface area contributed by atoms with Crippen molar-refractivity contribution < 1.29 is 33.0 Å². The number of aryl methyl sites for hydroxylation is 2. The zero-order chi connectivity index (χ0) is 23.0. The van der Waals surface area contributed by atoms with E-state index in [9.17, 15) is 19.1 Å². The van der Waals surface area contributed by atoms with E-state index in [0.717, 1.165) is 16.6 Å². The molecule has 0 radical (unpaired) electrons. The fraction of sp³-hybridized carbons (Fsp3) is 0.409. The van der Waals surface area contributed by atoms with Crippen LogP contribution in [0.2, 0.25) is 0 Å². The fourth-order valence-corrected chi connectivity index (χ4v) is 4.64. The Hall–Kier alpha value is -2.98. The van der Waals surface area contributed by atoms with Crippen molar-refractivity contribution in [1.29, 1.82) is 0 Å². The van der Waals surface area contributed by atoms with Gasteiger partial charge in [0.05, 0.1) is 27.7 Å².